The number of ether oxygens (including phenoxy) is 1. The van der Waals surface area contributed by atoms with Crippen molar-refractivity contribution in [2.75, 3.05) is 36.5 Å². The Balaban J connectivity index is 2.04. The van der Waals surface area contributed by atoms with Gasteiger partial charge in [0.2, 0.25) is 0 Å². The van der Waals surface area contributed by atoms with Gasteiger partial charge in [0.15, 0.2) is 0 Å². The van der Waals surface area contributed by atoms with Crippen LogP contribution in [0.5, 0.6) is 0 Å². The molecular weight excluding hydrogens is 244 g/mol. The van der Waals surface area contributed by atoms with Gasteiger partial charge in [-0.2, -0.15) is 0 Å². The number of anilines is 2. The van der Waals surface area contributed by atoms with E-state index in [0.29, 0.717) is 0 Å². The van der Waals surface area contributed by atoms with E-state index in [2.05, 4.69) is 10.2 Å². The highest BCUT2D eigenvalue weighted by atomic mass is 16.5. The van der Waals surface area contributed by atoms with Crippen molar-refractivity contribution in [2.45, 2.75) is 19.4 Å². The maximum Gasteiger partial charge on any atom is 0.328 e. The standard InChI is InChI=1S/C14H20N2O3/c1-14(2,13(17)18)15-11-3-5-12(6-4-11)16-7-9-19-10-8-16/h3-6,15H,7-10H2,1-2H3,(H,17,18). The minimum Gasteiger partial charge on any atom is -0.480 e. The highest BCUT2D eigenvalue weighted by Gasteiger charge is 2.26. The lowest BCUT2D eigenvalue weighted by atomic mass is 10.1. The SMILES string of the molecule is CC(C)(Nc1ccc(N2CCOCC2)cc1)C(=O)O. The van der Waals surface area contributed by atoms with Gasteiger partial charge in [-0.3, -0.25) is 0 Å². The molecule has 0 saturated carbocycles. The summed E-state index contributed by atoms with van der Waals surface area (Å²) in [6, 6.07) is 7.84. The van der Waals surface area contributed by atoms with Gasteiger partial charge in [-0.15, -0.1) is 0 Å². The molecule has 1 aromatic rings. The van der Waals surface area contributed by atoms with E-state index in [1.807, 2.05) is 24.3 Å². The minimum atomic E-state index is -0.972. The molecule has 1 aliphatic heterocycles. The van der Waals surface area contributed by atoms with Gasteiger partial charge in [0.05, 0.1) is 13.2 Å². The molecule has 0 spiro atoms. The highest BCUT2D eigenvalue weighted by Crippen LogP contribution is 2.21. The maximum atomic E-state index is 11.1. The smallest absolute Gasteiger partial charge is 0.328 e. The average Bonchev–Trinajstić information content (AvgIpc) is 2.40. The number of morpholine rings is 1. The highest BCUT2D eigenvalue weighted by molar-refractivity contribution is 5.81. The third kappa shape index (κ3) is 3.38. The second-order valence-corrected chi connectivity index (χ2v) is 5.20. The van der Waals surface area contributed by atoms with Crippen LogP contribution in [0, 0.1) is 0 Å². The summed E-state index contributed by atoms with van der Waals surface area (Å²) in [4.78, 5) is 13.3. The van der Waals surface area contributed by atoms with Crippen LogP contribution in [0.3, 0.4) is 0 Å². The Bertz CT molecular complexity index is 437. The fourth-order valence-electron chi connectivity index (χ4n) is 1.99. The molecule has 1 aromatic carbocycles. The lowest BCUT2D eigenvalue weighted by molar-refractivity contribution is -0.141. The third-order valence-electron chi connectivity index (χ3n) is 3.24. The van der Waals surface area contributed by atoms with Crippen molar-refractivity contribution in [1.29, 1.82) is 0 Å². The van der Waals surface area contributed by atoms with Crippen LogP contribution in [0.2, 0.25) is 0 Å². The number of rotatable bonds is 4. The largest absolute Gasteiger partial charge is 0.480 e. The van der Waals surface area contributed by atoms with Crippen molar-refractivity contribution in [3.05, 3.63) is 24.3 Å². The van der Waals surface area contributed by atoms with Crippen molar-refractivity contribution in [3.63, 3.8) is 0 Å². The van der Waals surface area contributed by atoms with E-state index < -0.39 is 11.5 Å². The van der Waals surface area contributed by atoms with Crippen LogP contribution in [0.1, 0.15) is 13.8 Å². The van der Waals surface area contributed by atoms with Gasteiger partial charge in [-0.25, -0.2) is 4.79 Å². The maximum absolute atomic E-state index is 11.1. The molecular formula is C14H20N2O3. The molecule has 2 rings (SSSR count). The van der Waals surface area contributed by atoms with E-state index >= 15 is 0 Å². The van der Waals surface area contributed by atoms with Gasteiger partial charge in [0.25, 0.3) is 0 Å². The van der Waals surface area contributed by atoms with Crippen LogP contribution < -0.4 is 10.2 Å². The lowest BCUT2D eigenvalue weighted by Crippen LogP contribution is -2.40. The Morgan fingerprint density at radius 3 is 2.37 bits per heavy atom. The molecule has 1 heterocycles. The third-order valence-corrected chi connectivity index (χ3v) is 3.24. The Hall–Kier alpha value is -1.75. The van der Waals surface area contributed by atoms with Crippen molar-refractivity contribution in [2.24, 2.45) is 0 Å². The summed E-state index contributed by atoms with van der Waals surface area (Å²) >= 11 is 0. The molecule has 5 nitrogen and oxygen atoms in total. The lowest BCUT2D eigenvalue weighted by Gasteiger charge is -2.29. The molecule has 1 saturated heterocycles. The average molecular weight is 264 g/mol. The van der Waals surface area contributed by atoms with Gasteiger partial charge >= 0.3 is 5.97 Å². The van der Waals surface area contributed by atoms with Crippen LogP contribution >= 0.6 is 0 Å². The Labute approximate surface area is 113 Å². The number of carboxylic acid groups (broad SMARTS) is 1. The van der Waals surface area contributed by atoms with Gasteiger partial charge in [0, 0.05) is 24.5 Å². The first-order valence-electron chi connectivity index (χ1n) is 6.43. The molecule has 2 N–H and O–H groups in total. The molecule has 5 heteroatoms. The zero-order valence-electron chi connectivity index (χ0n) is 11.3. The van der Waals surface area contributed by atoms with E-state index in [-0.39, 0.29) is 0 Å². The molecule has 0 radical (unpaired) electrons. The Kier molecular flexibility index (Phi) is 3.95. The molecule has 0 bridgehead atoms. The number of nitrogens with zero attached hydrogens (tertiary/aromatic N) is 1. The number of hydrogen-bond acceptors (Lipinski definition) is 4. The van der Waals surface area contributed by atoms with Crippen LogP contribution in [-0.4, -0.2) is 42.9 Å². The second-order valence-electron chi connectivity index (χ2n) is 5.20. The molecule has 104 valence electrons. The zero-order chi connectivity index (χ0) is 13.9. The summed E-state index contributed by atoms with van der Waals surface area (Å²) in [5, 5.41) is 12.1. The van der Waals surface area contributed by atoms with E-state index in [0.717, 1.165) is 37.7 Å². The monoisotopic (exact) mass is 264 g/mol. The molecule has 0 aromatic heterocycles. The van der Waals surface area contributed by atoms with Crippen molar-refractivity contribution in [1.82, 2.24) is 0 Å². The van der Waals surface area contributed by atoms with Crippen molar-refractivity contribution in [3.8, 4) is 0 Å². The molecule has 0 atom stereocenters. The summed E-state index contributed by atoms with van der Waals surface area (Å²) in [5.74, 6) is -0.871. The molecule has 0 amide bonds. The van der Waals surface area contributed by atoms with Gasteiger partial charge in [0.1, 0.15) is 5.54 Å². The number of carbonyl (C=O) groups is 1. The zero-order valence-corrected chi connectivity index (χ0v) is 11.3. The first-order chi connectivity index (χ1) is 8.99. The van der Waals surface area contributed by atoms with Crippen molar-refractivity contribution >= 4 is 17.3 Å². The molecule has 0 aliphatic carbocycles. The number of hydrogen-bond donors (Lipinski definition) is 2. The van der Waals surface area contributed by atoms with Crippen LogP contribution in [0.15, 0.2) is 24.3 Å². The Morgan fingerprint density at radius 1 is 1.26 bits per heavy atom. The summed E-state index contributed by atoms with van der Waals surface area (Å²) in [5.41, 5.74) is 0.979. The first-order valence-corrected chi connectivity index (χ1v) is 6.43. The fourth-order valence-corrected chi connectivity index (χ4v) is 1.99. The normalized spacial score (nSPS) is 16.2. The predicted molar refractivity (Wildman–Crippen MR) is 74.8 cm³/mol. The first kappa shape index (κ1) is 13.7. The van der Waals surface area contributed by atoms with E-state index in [1.165, 1.54) is 0 Å². The van der Waals surface area contributed by atoms with Gasteiger partial charge in [-0.1, -0.05) is 0 Å². The number of benzene rings is 1. The molecule has 0 unspecified atom stereocenters. The number of aliphatic carboxylic acids is 1. The van der Waals surface area contributed by atoms with Gasteiger partial charge < -0.3 is 20.1 Å². The summed E-state index contributed by atoms with van der Waals surface area (Å²) in [6.07, 6.45) is 0. The van der Waals surface area contributed by atoms with Crippen LogP contribution in [-0.2, 0) is 9.53 Å². The predicted octanol–water partition coefficient (Wildman–Crippen LogP) is 1.80. The molecule has 1 aliphatic rings. The van der Waals surface area contributed by atoms with Crippen molar-refractivity contribution < 1.29 is 14.6 Å². The summed E-state index contributed by atoms with van der Waals surface area (Å²) in [7, 11) is 0. The van der Waals surface area contributed by atoms with E-state index in [4.69, 9.17) is 9.84 Å². The fraction of sp³-hybridized carbons (Fsp3) is 0.500. The Morgan fingerprint density at radius 2 is 1.84 bits per heavy atom. The summed E-state index contributed by atoms with van der Waals surface area (Å²) < 4.78 is 5.32. The molecule has 19 heavy (non-hydrogen) atoms. The van der Waals surface area contributed by atoms with E-state index in [9.17, 15) is 4.79 Å². The van der Waals surface area contributed by atoms with Crippen LogP contribution in [0.25, 0.3) is 0 Å². The topological polar surface area (TPSA) is 61.8 Å². The number of carboxylic acids is 1. The van der Waals surface area contributed by atoms with Gasteiger partial charge in [-0.05, 0) is 38.1 Å². The molecule has 1 fully saturated rings. The summed E-state index contributed by atoms with van der Waals surface area (Å²) in [6.45, 7) is 6.59. The second kappa shape index (κ2) is 5.48. The minimum absolute atomic E-state index is 0.756. The van der Waals surface area contributed by atoms with E-state index in [1.54, 1.807) is 13.8 Å². The van der Waals surface area contributed by atoms with Crippen LogP contribution in [0.4, 0.5) is 11.4 Å². The number of nitrogens with one attached hydrogen (secondary N) is 1. The quantitative estimate of drug-likeness (QED) is 0.868.